The lowest BCUT2D eigenvalue weighted by atomic mass is 10.1. The lowest BCUT2D eigenvalue weighted by Crippen LogP contribution is -2.47. The third-order valence-corrected chi connectivity index (χ3v) is 5.03. The van der Waals surface area contributed by atoms with Crippen molar-refractivity contribution in [2.45, 2.75) is 37.5 Å². The molecule has 1 unspecified atom stereocenters. The normalized spacial score (nSPS) is 26.1. The molecule has 0 saturated carbocycles. The largest absolute Gasteiger partial charge is 0.479 e. The summed E-state index contributed by atoms with van der Waals surface area (Å²) < 4.78 is 5.29. The molecule has 1 N–H and O–H groups in total. The summed E-state index contributed by atoms with van der Waals surface area (Å²) in [6, 6.07) is 6.47. The second-order valence-corrected chi connectivity index (χ2v) is 6.63. The number of hydrogen-bond donors (Lipinski definition) is 1. The zero-order chi connectivity index (χ0) is 18.1. The van der Waals surface area contributed by atoms with Crippen LogP contribution in [0.25, 0.3) is 0 Å². The molecule has 2 aliphatic heterocycles. The van der Waals surface area contributed by atoms with Gasteiger partial charge in [0.25, 0.3) is 5.91 Å². The summed E-state index contributed by atoms with van der Waals surface area (Å²) in [5, 5.41) is 9.45. The number of likely N-dealkylation sites (N-methyl/N-ethyl adjacent to an activating group) is 1. The van der Waals surface area contributed by atoms with E-state index in [0.717, 1.165) is 0 Å². The van der Waals surface area contributed by atoms with E-state index in [1.807, 2.05) is 0 Å². The standard InChI is InChI=1S/C17H19ClN2O5/c1-19(16(22)13-6-7-14(25-13)17(23)24)12-8-9-20(15(12)21)11-5-3-2-4-10(11)18/h2-5,12-14H,6-9H2,1H3,(H,23,24)/t12?,13-,14+/m0/s1. The van der Waals surface area contributed by atoms with E-state index in [9.17, 15) is 14.4 Å². The maximum atomic E-state index is 12.7. The van der Waals surface area contributed by atoms with Gasteiger partial charge in [0.15, 0.2) is 6.10 Å². The molecule has 7 nitrogen and oxygen atoms in total. The molecule has 0 bridgehead atoms. The Labute approximate surface area is 150 Å². The quantitative estimate of drug-likeness (QED) is 0.873. The first-order valence-electron chi connectivity index (χ1n) is 8.11. The topological polar surface area (TPSA) is 87.2 Å². The third kappa shape index (κ3) is 3.34. The summed E-state index contributed by atoms with van der Waals surface area (Å²) in [7, 11) is 1.55. The Bertz CT molecular complexity index is 710. The second-order valence-electron chi connectivity index (χ2n) is 6.22. The number of hydrogen-bond acceptors (Lipinski definition) is 4. The van der Waals surface area contributed by atoms with E-state index in [1.165, 1.54) is 4.90 Å². The molecule has 3 rings (SSSR count). The zero-order valence-electron chi connectivity index (χ0n) is 13.7. The minimum atomic E-state index is -1.07. The molecule has 2 saturated heterocycles. The van der Waals surface area contributed by atoms with Gasteiger partial charge in [-0.1, -0.05) is 23.7 Å². The Hall–Kier alpha value is -2.12. The fourth-order valence-electron chi connectivity index (χ4n) is 3.32. The molecular formula is C17H19ClN2O5. The molecule has 134 valence electrons. The smallest absolute Gasteiger partial charge is 0.332 e. The van der Waals surface area contributed by atoms with Crippen LogP contribution >= 0.6 is 11.6 Å². The van der Waals surface area contributed by atoms with Crippen molar-refractivity contribution in [3.05, 3.63) is 29.3 Å². The summed E-state index contributed by atoms with van der Waals surface area (Å²) in [4.78, 5) is 39.2. The van der Waals surface area contributed by atoms with Crippen molar-refractivity contribution in [3.8, 4) is 0 Å². The first kappa shape index (κ1) is 17.7. The maximum absolute atomic E-state index is 12.7. The highest BCUT2D eigenvalue weighted by atomic mass is 35.5. The number of halogens is 1. The van der Waals surface area contributed by atoms with Gasteiger partial charge in [0, 0.05) is 13.6 Å². The van der Waals surface area contributed by atoms with Crippen LogP contribution in [0.1, 0.15) is 19.3 Å². The molecular weight excluding hydrogens is 348 g/mol. The third-order valence-electron chi connectivity index (χ3n) is 4.71. The van der Waals surface area contributed by atoms with Crippen LogP contribution in [0.5, 0.6) is 0 Å². The predicted octanol–water partition coefficient (Wildman–Crippen LogP) is 1.54. The summed E-state index contributed by atoms with van der Waals surface area (Å²) in [6.45, 7) is 0.466. The van der Waals surface area contributed by atoms with Crippen molar-refractivity contribution < 1.29 is 24.2 Å². The van der Waals surface area contributed by atoms with Crippen molar-refractivity contribution in [3.63, 3.8) is 0 Å². The number of para-hydroxylation sites is 1. The Kier molecular flexibility index (Phi) is 4.96. The minimum Gasteiger partial charge on any atom is -0.479 e. The van der Waals surface area contributed by atoms with Crippen LogP contribution in [0.15, 0.2) is 24.3 Å². The van der Waals surface area contributed by atoms with E-state index in [1.54, 1.807) is 36.2 Å². The van der Waals surface area contributed by atoms with Crippen LogP contribution in [0.3, 0.4) is 0 Å². The first-order valence-corrected chi connectivity index (χ1v) is 8.48. The fraction of sp³-hybridized carbons (Fsp3) is 0.471. The van der Waals surface area contributed by atoms with Crippen molar-refractivity contribution in [2.75, 3.05) is 18.5 Å². The molecule has 1 aromatic rings. The number of carboxylic acid groups (broad SMARTS) is 1. The van der Waals surface area contributed by atoms with E-state index in [-0.39, 0.29) is 11.8 Å². The monoisotopic (exact) mass is 366 g/mol. The van der Waals surface area contributed by atoms with E-state index < -0.39 is 24.2 Å². The molecule has 2 aliphatic rings. The number of aliphatic carboxylic acids is 1. The van der Waals surface area contributed by atoms with Gasteiger partial charge >= 0.3 is 5.97 Å². The number of ether oxygens (including phenoxy) is 1. The van der Waals surface area contributed by atoms with Crippen LogP contribution in [-0.2, 0) is 19.1 Å². The number of benzene rings is 1. The molecule has 0 aliphatic carbocycles. The van der Waals surface area contributed by atoms with Gasteiger partial charge in [0.1, 0.15) is 12.1 Å². The van der Waals surface area contributed by atoms with Gasteiger partial charge < -0.3 is 19.6 Å². The van der Waals surface area contributed by atoms with Gasteiger partial charge in [0.05, 0.1) is 10.7 Å². The molecule has 2 fully saturated rings. The van der Waals surface area contributed by atoms with Gasteiger partial charge in [0.2, 0.25) is 5.91 Å². The van der Waals surface area contributed by atoms with Crippen molar-refractivity contribution in [2.24, 2.45) is 0 Å². The summed E-state index contributed by atoms with van der Waals surface area (Å²) in [5.41, 5.74) is 0.626. The number of carbonyl (C=O) groups excluding carboxylic acids is 2. The molecule has 0 aromatic heterocycles. The molecule has 3 atom stereocenters. The number of nitrogens with zero attached hydrogens (tertiary/aromatic N) is 2. The van der Waals surface area contributed by atoms with Gasteiger partial charge in [-0.2, -0.15) is 0 Å². The van der Waals surface area contributed by atoms with Crippen LogP contribution in [0, 0.1) is 0 Å². The van der Waals surface area contributed by atoms with Gasteiger partial charge in [-0.15, -0.1) is 0 Å². The lowest BCUT2D eigenvalue weighted by molar-refractivity contribution is -0.156. The summed E-state index contributed by atoms with van der Waals surface area (Å²) in [5.74, 6) is -1.63. The number of amides is 2. The van der Waals surface area contributed by atoms with Crippen molar-refractivity contribution in [1.29, 1.82) is 0 Å². The summed E-state index contributed by atoms with van der Waals surface area (Å²) in [6.07, 6.45) is -0.643. The number of carbonyl (C=O) groups is 3. The molecule has 1 aromatic carbocycles. The fourth-order valence-corrected chi connectivity index (χ4v) is 3.55. The van der Waals surface area contributed by atoms with E-state index in [4.69, 9.17) is 21.4 Å². The van der Waals surface area contributed by atoms with Crippen LogP contribution in [0.2, 0.25) is 5.02 Å². The molecule has 0 radical (unpaired) electrons. The Morgan fingerprint density at radius 1 is 1.24 bits per heavy atom. The second kappa shape index (κ2) is 7.01. The minimum absolute atomic E-state index is 0.197. The van der Waals surface area contributed by atoms with Gasteiger partial charge in [-0.25, -0.2) is 4.79 Å². The average Bonchev–Trinajstić information content (AvgIpc) is 3.21. The predicted molar refractivity (Wildman–Crippen MR) is 90.5 cm³/mol. The number of rotatable bonds is 4. The highest BCUT2D eigenvalue weighted by molar-refractivity contribution is 6.34. The Morgan fingerprint density at radius 2 is 1.92 bits per heavy atom. The van der Waals surface area contributed by atoms with E-state index >= 15 is 0 Å². The molecule has 8 heteroatoms. The molecule has 0 spiro atoms. The number of anilines is 1. The van der Waals surface area contributed by atoms with Crippen LogP contribution in [-0.4, -0.2) is 59.6 Å². The maximum Gasteiger partial charge on any atom is 0.332 e. The first-order chi connectivity index (χ1) is 11.9. The van der Waals surface area contributed by atoms with Crippen LogP contribution in [0.4, 0.5) is 5.69 Å². The highest BCUT2D eigenvalue weighted by Gasteiger charge is 2.42. The van der Waals surface area contributed by atoms with Crippen molar-refractivity contribution >= 4 is 35.1 Å². The zero-order valence-corrected chi connectivity index (χ0v) is 14.5. The Balaban J connectivity index is 1.68. The molecule has 2 amide bonds. The SMILES string of the molecule is CN(C(=O)[C@@H]1CC[C@H](C(=O)O)O1)C1CCN(c2ccccc2Cl)C1=O. The number of carboxylic acids is 1. The van der Waals surface area contributed by atoms with Gasteiger partial charge in [-0.05, 0) is 31.4 Å². The molecule has 25 heavy (non-hydrogen) atoms. The average molecular weight is 367 g/mol. The van der Waals surface area contributed by atoms with Crippen LogP contribution < -0.4 is 4.90 Å². The van der Waals surface area contributed by atoms with E-state index in [0.29, 0.717) is 36.5 Å². The van der Waals surface area contributed by atoms with E-state index in [2.05, 4.69) is 0 Å². The van der Waals surface area contributed by atoms with Gasteiger partial charge in [-0.3, -0.25) is 9.59 Å². The Morgan fingerprint density at radius 3 is 2.56 bits per heavy atom. The van der Waals surface area contributed by atoms with Crippen molar-refractivity contribution in [1.82, 2.24) is 4.90 Å². The molecule has 2 heterocycles. The lowest BCUT2D eigenvalue weighted by Gasteiger charge is -2.26. The highest BCUT2D eigenvalue weighted by Crippen LogP contribution is 2.31. The summed E-state index contributed by atoms with van der Waals surface area (Å²) >= 11 is 6.16.